The van der Waals surface area contributed by atoms with Crippen LogP contribution in [0.2, 0.25) is 5.02 Å². The molecular weight excluding hydrogens is 250 g/mol. The van der Waals surface area contributed by atoms with Gasteiger partial charge < -0.3 is 4.74 Å². The van der Waals surface area contributed by atoms with Crippen LogP contribution in [0.15, 0.2) is 0 Å². The molecule has 1 rings (SSSR count). The van der Waals surface area contributed by atoms with Crippen LogP contribution in [-0.2, 0) is 4.74 Å². The van der Waals surface area contributed by atoms with E-state index in [1.165, 1.54) is 0 Å². The van der Waals surface area contributed by atoms with Crippen LogP contribution in [0.1, 0.15) is 37.5 Å². The summed E-state index contributed by atoms with van der Waals surface area (Å²) in [5, 5.41) is 3.27. The number of benzene rings is 1. The fourth-order valence-corrected chi connectivity index (χ4v) is 1.76. The Balaban J connectivity index is 3.01. The maximum absolute atomic E-state index is 11.8. The molecule has 1 aromatic rings. The molecule has 1 amide bonds. The third-order valence-electron chi connectivity index (χ3n) is 2.56. The zero-order valence-electron chi connectivity index (χ0n) is 11.7. The van der Waals surface area contributed by atoms with Crippen LogP contribution in [0.5, 0.6) is 0 Å². The standard InChI is InChI=1S/C14H19ClNO2/c1-8-7-11(15)10(3)12(9(8)2)16-13(17)18-14(4,5)6/h1-6H3,(H,16,17). The van der Waals surface area contributed by atoms with Crippen molar-refractivity contribution in [3.05, 3.63) is 27.8 Å². The summed E-state index contributed by atoms with van der Waals surface area (Å²) in [6, 6.07) is 3.04. The van der Waals surface area contributed by atoms with E-state index in [1.807, 2.05) is 41.5 Å². The highest BCUT2D eigenvalue weighted by atomic mass is 35.5. The van der Waals surface area contributed by atoms with Gasteiger partial charge in [0.15, 0.2) is 0 Å². The van der Waals surface area contributed by atoms with Crippen LogP contribution in [0.3, 0.4) is 0 Å². The number of aryl methyl sites for hydroxylation is 1. The Morgan fingerprint density at radius 3 is 2.28 bits per heavy atom. The molecule has 0 aliphatic carbocycles. The van der Waals surface area contributed by atoms with Crippen molar-refractivity contribution in [2.24, 2.45) is 0 Å². The lowest BCUT2D eigenvalue weighted by atomic mass is 10.0. The van der Waals surface area contributed by atoms with Gasteiger partial charge in [0.1, 0.15) is 5.60 Å². The van der Waals surface area contributed by atoms with Crippen molar-refractivity contribution >= 4 is 23.4 Å². The van der Waals surface area contributed by atoms with Gasteiger partial charge in [0.25, 0.3) is 0 Å². The van der Waals surface area contributed by atoms with Gasteiger partial charge in [0.2, 0.25) is 0 Å². The summed E-state index contributed by atoms with van der Waals surface area (Å²) in [5.41, 5.74) is 2.83. The predicted molar refractivity (Wildman–Crippen MR) is 74.4 cm³/mol. The van der Waals surface area contributed by atoms with Crippen molar-refractivity contribution in [3.63, 3.8) is 0 Å². The quantitative estimate of drug-likeness (QED) is 0.819. The fourth-order valence-electron chi connectivity index (χ4n) is 1.52. The molecule has 4 heteroatoms. The van der Waals surface area contributed by atoms with Crippen molar-refractivity contribution in [1.82, 2.24) is 0 Å². The Morgan fingerprint density at radius 1 is 1.22 bits per heavy atom. The summed E-state index contributed by atoms with van der Waals surface area (Å²) in [5.74, 6) is 0. The Kier molecular flexibility index (Phi) is 4.28. The molecule has 18 heavy (non-hydrogen) atoms. The maximum Gasteiger partial charge on any atom is 0.412 e. The van der Waals surface area contributed by atoms with E-state index in [9.17, 15) is 4.79 Å². The Bertz CT molecular complexity index is 449. The lowest BCUT2D eigenvalue weighted by Crippen LogP contribution is -2.27. The predicted octanol–water partition coefficient (Wildman–Crippen LogP) is 4.41. The van der Waals surface area contributed by atoms with Gasteiger partial charge in [-0.05, 0) is 58.2 Å². The summed E-state index contributed by atoms with van der Waals surface area (Å²) in [4.78, 5) is 11.8. The van der Waals surface area contributed by atoms with Crippen LogP contribution < -0.4 is 5.32 Å². The van der Waals surface area contributed by atoms with E-state index in [4.69, 9.17) is 16.3 Å². The highest BCUT2D eigenvalue weighted by molar-refractivity contribution is 6.31. The first-order valence-electron chi connectivity index (χ1n) is 5.80. The zero-order valence-corrected chi connectivity index (χ0v) is 12.5. The Morgan fingerprint density at radius 2 is 1.78 bits per heavy atom. The molecule has 0 heterocycles. The SMILES string of the molecule is Cc1[c]c(Cl)c(C)c(NC(=O)OC(C)(C)C)c1C. The summed E-state index contributed by atoms with van der Waals surface area (Å²) in [6.45, 7) is 11.1. The first-order chi connectivity index (χ1) is 8.11. The van der Waals surface area contributed by atoms with Gasteiger partial charge in [-0.3, -0.25) is 5.32 Å². The molecule has 1 radical (unpaired) electrons. The highest BCUT2D eigenvalue weighted by Crippen LogP contribution is 2.29. The number of amides is 1. The van der Waals surface area contributed by atoms with E-state index in [1.54, 1.807) is 0 Å². The average Bonchev–Trinajstić information content (AvgIpc) is 2.19. The molecule has 99 valence electrons. The topological polar surface area (TPSA) is 38.3 Å². The number of anilines is 1. The molecule has 0 atom stereocenters. The lowest BCUT2D eigenvalue weighted by molar-refractivity contribution is 0.0635. The van der Waals surface area contributed by atoms with Crippen LogP contribution >= 0.6 is 11.6 Å². The normalized spacial score (nSPS) is 11.3. The van der Waals surface area contributed by atoms with Gasteiger partial charge in [-0.2, -0.15) is 0 Å². The molecule has 0 aromatic heterocycles. The first kappa shape index (κ1) is 14.8. The minimum Gasteiger partial charge on any atom is -0.444 e. The van der Waals surface area contributed by atoms with E-state index in [0.717, 1.165) is 16.7 Å². The molecule has 3 nitrogen and oxygen atoms in total. The third-order valence-corrected chi connectivity index (χ3v) is 2.94. The van der Waals surface area contributed by atoms with E-state index < -0.39 is 11.7 Å². The van der Waals surface area contributed by atoms with Crippen LogP contribution in [0, 0.1) is 26.8 Å². The Labute approximate surface area is 113 Å². The fraction of sp³-hybridized carbons (Fsp3) is 0.500. The van der Waals surface area contributed by atoms with Crippen LogP contribution in [0.25, 0.3) is 0 Å². The molecule has 0 saturated heterocycles. The Hall–Kier alpha value is -1.22. The molecule has 0 unspecified atom stereocenters. The maximum atomic E-state index is 11.8. The molecule has 1 aromatic carbocycles. The van der Waals surface area contributed by atoms with Crippen molar-refractivity contribution < 1.29 is 9.53 Å². The van der Waals surface area contributed by atoms with Gasteiger partial charge >= 0.3 is 6.09 Å². The number of carbonyl (C=O) groups excluding carboxylic acids is 1. The molecule has 0 aliphatic heterocycles. The van der Waals surface area contributed by atoms with Gasteiger partial charge in [0.05, 0.1) is 10.7 Å². The summed E-state index contributed by atoms with van der Waals surface area (Å²) < 4.78 is 5.23. The van der Waals surface area contributed by atoms with Gasteiger partial charge in [0, 0.05) is 6.07 Å². The average molecular weight is 269 g/mol. The van der Waals surface area contributed by atoms with Crippen molar-refractivity contribution in [1.29, 1.82) is 0 Å². The van der Waals surface area contributed by atoms with Gasteiger partial charge in [-0.15, -0.1) is 0 Å². The lowest BCUT2D eigenvalue weighted by Gasteiger charge is -2.21. The molecule has 0 spiro atoms. The van der Waals surface area contributed by atoms with Crippen molar-refractivity contribution in [2.75, 3.05) is 5.32 Å². The number of halogens is 1. The highest BCUT2D eigenvalue weighted by Gasteiger charge is 2.18. The van der Waals surface area contributed by atoms with E-state index >= 15 is 0 Å². The summed E-state index contributed by atoms with van der Waals surface area (Å²) in [7, 11) is 0. The minimum atomic E-state index is -0.522. The smallest absolute Gasteiger partial charge is 0.412 e. The molecule has 0 bridgehead atoms. The molecule has 0 fully saturated rings. The molecule has 1 N–H and O–H groups in total. The second-order valence-corrected chi connectivity index (χ2v) is 5.69. The summed E-state index contributed by atoms with van der Waals surface area (Å²) >= 11 is 6.06. The second-order valence-electron chi connectivity index (χ2n) is 5.32. The third kappa shape index (κ3) is 3.64. The molecule has 0 saturated carbocycles. The number of nitrogens with one attached hydrogen (secondary N) is 1. The van der Waals surface area contributed by atoms with Crippen LogP contribution in [-0.4, -0.2) is 11.7 Å². The zero-order chi connectivity index (χ0) is 14.1. The van der Waals surface area contributed by atoms with Gasteiger partial charge in [-0.1, -0.05) is 11.6 Å². The number of carbonyl (C=O) groups is 1. The largest absolute Gasteiger partial charge is 0.444 e. The summed E-state index contributed by atoms with van der Waals surface area (Å²) in [6.07, 6.45) is -0.477. The second kappa shape index (κ2) is 5.19. The van der Waals surface area contributed by atoms with E-state index in [2.05, 4.69) is 11.4 Å². The van der Waals surface area contributed by atoms with Gasteiger partial charge in [-0.25, -0.2) is 4.79 Å². The number of hydrogen-bond donors (Lipinski definition) is 1. The minimum absolute atomic E-state index is 0.477. The van der Waals surface area contributed by atoms with Crippen molar-refractivity contribution in [2.45, 2.75) is 47.1 Å². The van der Waals surface area contributed by atoms with E-state index in [-0.39, 0.29) is 0 Å². The van der Waals surface area contributed by atoms with Crippen LogP contribution in [0.4, 0.5) is 10.5 Å². The molecule has 0 aliphatic rings. The number of rotatable bonds is 1. The first-order valence-corrected chi connectivity index (χ1v) is 6.18. The monoisotopic (exact) mass is 268 g/mol. The van der Waals surface area contributed by atoms with E-state index in [0.29, 0.717) is 10.7 Å². The van der Waals surface area contributed by atoms with Crippen molar-refractivity contribution in [3.8, 4) is 0 Å². The number of hydrogen-bond acceptors (Lipinski definition) is 2. The number of ether oxygens (including phenoxy) is 1. The molecular formula is C14H19ClNO2.